The first-order valence-corrected chi connectivity index (χ1v) is 9.10. The van der Waals surface area contributed by atoms with Gasteiger partial charge in [0.2, 0.25) is 11.8 Å². The molecule has 1 aliphatic rings. The van der Waals surface area contributed by atoms with Crippen LogP contribution in [0.3, 0.4) is 0 Å². The van der Waals surface area contributed by atoms with Crippen molar-refractivity contribution in [3.8, 4) is 0 Å². The summed E-state index contributed by atoms with van der Waals surface area (Å²) in [7, 11) is 0. The summed E-state index contributed by atoms with van der Waals surface area (Å²) < 4.78 is 0. The second kappa shape index (κ2) is 8.68. The molecule has 2 N–H and O–H groups in total. The monoisotopic (exact) mass is 385 g/mol. The van der Waals surface area contributed by atoms with Crippen molar-refractivity contribution < 1.29 is 14.4 Å². The number of carbonyl (C=O) groups excluding carboxylic acids is 3. The molecule has 3 amide bonds. The van der Waals surface area contributed by atoms with Crippen LogP contribution in [0.5, 0.6) is 0 Å². The maximum atomic E-state index is 12.0. The van der Waals surface area contributed by atoms with E-state index in [2.05, 4.69) is 10.6 Å². The average molecular weight is 386 g/mol. The lowest BCUT2D eigenvalue weighted by molar-refractivity contribution is -0.120. The molecule has 2 aromatic carbocycles. The molecule has 1 heterocycles. The third kappa shape index (κ3) is 5.08. The first-order chi connectivity index (χ1) is 13.0. The van der Waals surface area contributed by atoms with Crippen LogP contribution >= 0.6 is 11.6 Å². The molecular formula is C20H20ClN3O3. The highest BCUT2D eigenvalue weighted by molar-refractivity contribution is 6.31. The highest BCUT2D eigenvalue weighted by atomic mass is 35.5. The minimum absolute atomic E-state index is 0.119. The summed E-state index contributed by atoms with van der Waals surface area (Å²) in [6, 6.07) is 14.1. The van der Waals surface area contributed by atoms with Crippen LogP contribution in [-0.2, 0) is 16.1 Å². The lowest BCUT2D eigenvalue weighted by Gasteiger charge is -2.16. The Bertz CT molecular complexity index is 852. The van der Waals surface area contributed by atoms with Crippen LogP contribution in [0.2, 0.25) is 5.02 Å². The standard InChI is InChI=1S/C20H20ClN3O3/c21-16-4-1-3-15(11-16)20(27)23-13-18(25)22-12-14-6-8-17(9-7-14)24-10-2-5-19(24)26/h1,3-4,6-9,11H,2,5,10,12-13H2,(H,22,25)(H,23,27). The molecular weight excluding hydrogens is 366 g/mol. The molecule has 6 nitrogen and oxygen atoms in total. The number of anilines is 1. The molecule has 0 radical (unpaired) electrons. The van der Waals surface area contributed by atoms with Crippen LogP contribution in [-0.4, -0.2) is 30.8 Å². The molecule has 7 heteroatoms. The van der Waals surface area contributed by atoms with Gasteiger partial charge >= 0.3 is 0 Å². The molecule has 27 heavy (non-hydrogen) atoms. The van der Waals surface area contributed by atoms with E-state index < -0.39 is 0 Å². The zero-order valence-electron chi connectivity index (χ0n) is 14.7. The molecule has 1 saturated heterocycles. The van der Waals surface area contributed by atoms with Gasteiger partial charge in [-0.25, -0.2) is 0 Å². The van der Waals surface area contributed by atoms with Crippen molar-refractivity contribution >= 4 is 35.0 Å². The zero-order chi connectivity index (χ0) is 19.2. The Balaban J connectivity index is 1.45. The van der Waals surface area contributed by atoms with Gasteiger partial charge in [0.05, 0.1) is 6.54 Å². The normalized spacial score (nSPS) is 13.5. The number of halogens is 1. The smallest absolute Gasteiger partial charge is 0.251 e. The molecule has 0 atom stereocenters. The van der Waals surface area contributed by atoms with Crippen molar-refractivity contribution in [2.75, 3.05) is 18.0 Å². The number of benzene rings is 2. The second-order valence-electron chi connectivity index (χ2n) is 6.29. The summed E-state index contributed by atoms with van der Waals surface area (Å²) in [5.41, 5.74) is 2.20. The van der Waals surface area contributed by atoms with E-state index in [-0.39, 0.29) is 24.3 Å². The van der Waals surface area contributed by atoms with Crippen molar-refractivity contribution in [1.29, 1.82) is 0 Å². The van der Waals surface area contributed by atoms with Gasteiger partial charge in [0.15, 0.2) is 0 Å². The van der Waals surface area contributed by atoms with Gasteiger partial charge in [0, 0.05) is 35.8 Å². The zero-order valence-corrected chi connectivity index (χ0v) is 15.5. The van der Waals surface area contributed by atoms with Crippen molar-refractivity contribution in [2.24, 2.45) is 0 Å². The minimum Gasteiger partial charge on any atom is -0.350 e. The Morgan fingerprint density at radius 1 is 1.07 bits per heavy atom. The van der Waals surface area contributed by atoms with Crippen LogP contribution in [0.25, 0.3) is 0 Å². The maximum Gasteiger partial charge on any atom is 0.251 e. The van der Waals surface area contributed by atoms with E-state index in [1.54, 1.807) is 29.2 Å². The van der Waals surface area contributed by atoms with Crippen LogP contribution in [0, 0.1) is 0 Å². The number of nitrogens with zero attached hydrogens (tertiary/aromatic N) is 1. The van der Waals surface area contributed by atoms with E-state index in [0.29, 0.717) is 23.6 Å². The van der Waals surface area contributed by atoms with E-state index in [9.17, 15) is 14.4 Å². The third-order valence-corrected chi connectivity index (χ3v) is 4.54. The van der Waals surface area contributed by atoms with Crippen molar-refractivity contribution in [3.63, 3.8) is 0 Å². The van der Waals surface area contributed by atoms with Crippen LogP contribution in [0.15, 0.2) is 48.5 Å². The SMILES string of the molecule is O=C(CNC(=O)c1cccc(Cl)c1)NCc1ccc(N2CCCC2=O)cc1. The van der Waals surface area contributed by atoms with E-state index in [4.69, 9.17) is 11.6 Å². The number of amides is 3. The lowest BCUT2D eigenvalue weighted by atomic mass is 10.2. The molecule has 0 aliphatic carbocycles. The number of rotatable bonds is 6. The van der Waals surface area contributed by atoms with E-state index in [1.165, 1.54) is 0 Å². The fourth-order valence-corrected chi connectivity index (χ4v) is 3.06. The number of hydrogen-bond acceptors (Lipinski definition) is 3. The predicted octanol–water partition coefficient (Wildman–Crippen LogP) is 2.51. The van der Waals surface area contributed by atoms with Crippen molar-refractivity contribution in [2.45, 2.75) is 19.4 Å². The van der Waals surface area contributed by atoms with Gasteiger partial charge in [0.1, 0.15) is 0 Å². The lowest BCUT2D eigenvalue weighted by Crippen LogP contribution is -2.36. The maximum absolute atomic E-state index is 12.0. The molecule has 140 valence electrons. The van der Waals surface area contributed by atoms with E-state index in [0.717, 1.165) is 24.2 Å². The third-order valence-electron chi connectivity index (χ3n) is 4.31. The fourth-order valence-electron chi connectivity index (χ4n) is 2.87. The van der Waals surface area contributed by atoms with Gasteiger partial charge in [-0.1, -0.05) is 29.8 Å². The average Bonchev–Trinajstić information content (AvgIpc) is 3.10. The first kappa shape index (κ1) is 18.9. The number of carbonyl (C=O) groups is 3. The Kier molecular flexibility index (Phi) is 6.08. The summed E-state index contributed by atoms with van der Waals surface area (Å²) in [6.45, 7) is 0.979. The molecule has 1 fully saturated rings. The van der Waals surface area contributed by atoms with Gasteiger partial charge in [0.25, 0.3) is 5.91 Å². The molecule has 2 aromatic rings. The first-order valence-electron chi connectivity index (χ1n) is 8.73. The van der Waals surface area contributed by atoms with Crippen molar-refractivity contribution in [1.82, 2.24) is 10.6 Å². The van der Waals surface area contributed by atoms with Gasteiger partial charge in [-0.2, -0.15) is 0 Å². The van der Waals surface area contributed by atoms with Gasteiger partial charge in [-0.05, 0) is 42.3 Å². The Labute approximate surface area is 162 Å². The fraction of sp³-hybridized carbons (Fsp3) is 0.250. The summed E-state index contributed by atoms with van der Waals surface area (Å²) >= 11 is 5.85. The minimum atomic E-state index is -0.354. The quantitative estimate of drug-likeness (QED) is 0.802. The summed E-state index contributed by atoms with van der Waals surface area (Å²) in [5, 5.41) is 5.78. The number of hydrogen-bond donors (Lipinski definition) is 2. The molecule has 0 spiro atoms. The summed E-state index contributed by atoms with van der Waals surface area (Å²) in [6.07, 6.45) is 1.48. The topological polar surface area (TPSA) is 78.5 Å². The second-order valence-corrected chi connectivity index (χ2v) is 6.72. The largest absolute Gasteiger partial charge is 0.350 e. The van der Waals surface area contributed by atoms with Crippen LogP contribution < -0.4 is 15.5 Å². The Morgan fingerprint density at radius 2 is 1.85 bits per heavy atom. The number of nitrogens with one attached hydrogen (secondary N) is 2. The molecule has 0 saturated carbocycles. The van der Waals surface area contributed by atoms with Gasteiger partial charge in [-0.3, -0.25) is 14.4 Å². The highest BCUT2D eigenvalue weighted by Gasteiger charge is 2.21. The van der Waals surface area contributed by atoms with Crippen LogP contribution in [0.4, 0.5) is 5.69 Å². The van der Waals surface area contributed by atoms with Crippen LogP contribution in [0.1, 0.15) is 28.8 Å². The predicted molar refractivity (Wildman–Crippen MR) is 104 cm³/mol. The summed E-state index contributed by atoms with van der Waals surface area (Å²) in [4.78, 5) is 37.4. The molecule has 0 bridgehead atoms. The Hall–Kier alpha value is -2.86. The van der Waals surface area contributed by atoms with E-state index >= 15 is 0 Å². The molecule has 1 aliphatic heterocycles. The molecule has 0 aromatic heterocycles. The highest BCUT2D eigenvalue weighted by Crippen LogP contribution is 2.21. The Morgan fingerprint density at radius 3 is 2.52 bits per heavy atom. The molecule has 0 unspecified atom stereocenters. The van der Waals surface area contributed by atoms with Gasteiger partial charge in [-0.15, -0.1) is 0 Å². The van der Waals surface area contributed by atoms with Crippen molar-refractivity contribution in [3.05, 3.63) is 64.7 Å². The summed E-state index contributed by atoms with van der Waals surface area (Å²) in [5.74, 6) is -0.497. The molecule has 3 rings (SSSR count). The van der Waals surface area contributed by atoms with E-state index in [1.807, 2.05) is 24.3 Å². The van der Waals surface area contributed by atoms with Gasteiger partial charge < -0.3 is 15.5 Å².